The summed E-state index contributed by atoms with van der Waals surface area (Å²) < 4.78 is 25.1. The molecular weight excluding hydrogens is 449 g/mol. The Morgan fingerprint density at radius 3 is 1.97 bits per heavy atom. The molecule has 2 aromatic rings. The lowest BCUT2D eigenvalue weighted by molar-refractivity contribution is -0.150. The number of carbonyl (C=O) groups is 3. The van der Waals surface area contributed by atoms with Crippen molar-refractivity contribution in [3.8, 4) is 11.1 Å². The van der Waals surface area contributed by atoms with Crippen molar-refractivity contribution in [2.75, 3.05) is 13.2 Å². The van der Waals surface area contributed by atoms with Crippen molar-refractivity contribution in [2.45, 2.75) is 71.8 Å². The number of amides is 1. The number of halogens is 1. The van der Waals surface area contributed by atoms with E-state index in [1.807, 2.05) is 36.4 Å². The normalized spacial score (nSPS) is 11.1. The minimum atomic E-state index is -1.05. The number of hydrogen-bond donors (Lipinski definition) is 1. The molecule has 2 rings (SSSR count). The van der Waals surface area contributed by atoms with Crippen molar-refractivity contribution < 1.29 is 28.2 Å². The van der Waals surface area contributed by atoms with E-state index < -0.39 is 17.5 Å². The standard InChI is InChI=1S/C28H36FNO5/c1-5-6-7-8-24-11-14-26(27(29)17-24)25-12-9-23(10-13-25)15-16-28(30-20(2)31,18-34-21(3)32)19-35-22(4)33/h9-14,17H,5-8,15-16,18-19H2,1-4H3,(H,30,31). The Morgan fingerprint density at radius 2 is 1.46 bits per heavy atom. The van der Waals surface area contributed by atoms with Crippen LogP contribution in [0.4, 0.5) is 4.39 Å². The van der Waals surface area contributed by atoms with Gasteiger partial charge < -0.3 is 14.8 Å². The molecule has 1 amide bonds. The van der Waals surface area contributed by atoms with Crippen LogP contribution >= 0.6 is 0 Å². The first-order valence-electron chi connectivity index (χ1n) is 12.1. The third-order valence-electron chi connectivity index (χ3n) is 5.80. The van der Waals surface area contributed by atoms with Crippen molar-refractivity contribution in [3.63, 3.8) is 0 Å². The van der Waals surface area contributed by atoms with Crippen LogP contribution in [-0.4, -0.2) is 36.6 Å². The van der Waals surface area contributed by atoms with Crippen molar-refractivity contribution >= 4 is 17.8 Å². The SMILES string of the molecule is CCCCCc1ccc(-c2ccc(CCC(COC(C)=O)(COC(C)=O)NC(C)=O)cc2)c(F)c1. The number of unbranched alkanes of at least 4 members (excludes halogenated alkanes) is 2. The smallest absolute Gasteiger partial charge is 0.302 e. The first-order valence-corrected chi connectivity index (χ1v) is 12.1. The van der Waals surface area contributed by atoms with Gasteiger partial charge >= 0.3 is 11.9 Å². The molecule has 0 bridgehead atoms. The first kappa shape index (κ1) is 28.0. The molecule has 0 aliphatic carbocycles. The summed E-state index contributed by atoms with van der Waals surface area (Å²) in [5.41, 5.74) is 2.23. The zero-order valence-electron chi connectivity index (χ0n) is 21.1. The summed E-state index contributed by atoms with van der Waals surface area (Å²) in [5, 5.41) is 2.80. The van der Waals surface area contributed by atoms with E-state index in [0.717, 1.165) is 42.4 Å². The molecule has 0 saturated carbocycles. The van der Waals surface area contributed by atoms with E-state index in [2.05, 4.69) is 12.2 Å². The molecule has 0 saturated heterocycles. The number of nitrogens with one attached hydrogen (secondary N) is 1. The summed E-state index contributed by atoms with van der Waals surface area (Å²) in [7, 11) is 0. The van der Waals surface area contributed by atoms with Gasteiger partial charge in [0.1, 0.15) is 24.6 Å². The largest absolute Gasteiger partial charge is 0.463 e. The van der Waals surface area contributed by atoms with E-state index in [0.29, 0.717) is 18.4 Å². The van der Waals surface area contributed by atoms with Gasteiger partial charge in [-0.1, -0.05) is 56.2 Å². The Labute approximate surface area is 207 Å². The third-order valence-corrected chi connectivity index (χ3v) is 5.80. The molecule has 2 aromatic carbocycles. The number of esters is 2. The van der Waals surface area contributed by atoms with Crippen molar-refractivity contribution in [1.29, 1.82) is 0 Å². The summed E-state index contributed by atoms with van der Waals surface area (Å²) >= 11 is 0. The van der Waals surface area contributed by atoms with Crippen LogP contribution in [0.25, 0.3) is 11.1 Å². The molecule has 7 heteroatoms. The molecule has 1 N–H and O–H groups in total. The van der Waals surface area contributed by atoms with E-state index in [4.69, 9.17) is 9.47 Å². The van der Waals surface area contributed by atoms with E-state index in [1.54, 1.807) is 6.07 Å². The lowest BCUT2D eigenvalue weighted by atomic mass is 9.91. The van der Waals surface area contributed by atoms with Gasteiger partial charge in [0.15, 0.2) is 0 Å². The van der Waals surface area contributed by atoms with Gasteiger partial charge in [-0.3, -0.25) is 14.4 Å². The molecule has 0 aliphatic heterocycles. The zero-order chi connectivity index (χ0) is 25.8. The Hall–Kier alpha value is -3.22. The predicted octanol–water partition coefficient (Wildman–Crippen LogP) is 5.16. The maximum absolute atomic E-state index is 14.7. The highest BCUT2D eigenvalue weighted by atomic mass is 19.1. The molecule has 190 valence electrons. The van der Waals surface area contributed by atoms with Gasteiger partial charge in [-0.25, -0.2) is 4.39 Å². The first-order chi connectivity index (χ1) is 16.6. The van der Waals surface area contributed by atoms with Crippen LogP contribution < -0.4 is 5.32 Å². The topological polar surface area (TPSA) is 81.7 Å². The van der Waals surface area contributed by atoms with E-state index in [9.17, 15) is 18.8 Å². The molecule has 0 heterocycles. The average Bonchev–Trinajstić information content (AvgIpc) is 2.80. The molecule has 0 fully saturated rings. The second-order valence-corrected chi connectivity index (χ2v) is 8.99. The molecular formula is C28H36FNO5. The maximum atomic E-state index is 14.7. The van der Waals surface area contributed by atoms with Crippen molar-refractivity contribution in [2.24, 2.45) is 0 Å². The van der Waals surface area contributed by atoms with Gasteiger partial charge in [-0.2, -0.15) is 0 Å². The maximum Gasteiger partial charge on any atom is 0.302 e. The molecule has 0 aliphatic rings. The quantitative estimate of drug-likeness (QED) is 0.313. The number of aryl methyl sites for hydroxylation is 2. The van der Waals surface area contributed by atoms with Gasteiger partial charge in [0, 0.05) is 26.3 Å². The summed E-state index contributed by atoms with van der Waals surface area (Å²) in [4.78, 5) is 34.7. The molecule has 0 unspecified atom stereocenters. The second-order valence-electron chi connectivity index (χ2n) is 8.99. The highest BCUT2D eigenvalue weighted by Crippen LogP contribution is 2.26. The van der Waals surface area contributed by atoms with Crippen molar-refractivity contribution in [3.05, 3.63) is 59.4 Å². The fourth-order valence-corrected chi connectivity index (χ4v) is 3.94. The summed E-state index contributed by atoms with van der Waals surface area (Å²) in [5.74, 6) is -1.55. The van der Waals surface area contributed by atoms with Gasteiger partial charge in [-0.15, -0.1) is 0 Å². The third kappa shape index (κ3) is 9.51. The van der Waals surface area contributed by atoms with E-state index >= 15 is 0 Å². The van der Waals surface area contributed by atoms with Crippen LogP contribution in [0, 0.1) is 5.82 Å². The monoisotopic (exact) mass is 485 g/mol. The molecule has 0 radical (unpaired) electrons. The van der Waals surface area contributed by atoms with E-state index in [-0.39, 0.29) is 24.9 Å². The molecule has 0 spiro atoms. The van der Waals surface area contributed by atoms with Crippen molar-refractivity contribution in [1.82, 2.24) is 5.32 Å². The minimum Gasteiger partial charge on any atom is -0.463 e. The van der Waals surface area contributed by atoms with Gasteiger partial charge in [0.05, 0.1) is 0 Å². The lowest BCUT2D eigenvalue weighted by Gasteiger charge is -2.33. The Kier molecular flexibility index (Phi) is 10.9. The van der Waals surface area contributed by atoms with Crippen LogP contribution in [0.1, 0.15) is 64.5 Å². The van der Waals surface area contributed by atoms with Crippen LogP contribution in [-0.2, 0) is 36.7 Å². The van der Waals surface area contributed by atoms with Gasteiger partial charge in [-0.05, 0) is 48.4 Å². The zero-order valence-corrected chi connectivity index (χ0v) is 21.1. The average molecular weight is 486 g/mol. The van der Waals surface area contributed by atoms with Crippen LogP contribution in [0.3, 0.4) is 0 Å². The van der Waals surface area contributed by atoms with E-state index in [1.165, 1.54) is 20.8 Å². The van der Waals surface area contributed by atoms with Crippen LogP contribution in [0.2, 0.25) is 0 Å². The molecule has 0 aromatic heterocycles. The van der Waals surface area contributed by atoms with Crippen LogP contribution in [0.15, 0.2) is 42.5 Å². The Balaban J connectivity index is 2.14. The Bertz CT molecular complexity index is 985. The minimum absolute atomic E-state index is 0.122. The fourth-order valence-electron chi connectivity index (χ4n) is 3.94. The number of hydrogen-bond acceptors (Lipinski definition) is 5. The van der Waals surface area contributed by atoms with Gasteiger partial charge in [0.25, 0.3) is 0 Å². The summed E-state index contributed by atoms with van der Waals surface area (Å²) in [6, 6.07) is 13.0. The number of ether oxygens (including phenoxy) is 2. The second kappa shape index (κ2) is 13.6. The summed E-state index contributed by atoms with van der Waals surface area (Å²) in [6.45, 7) is 5.81. The fraction of sp³-hybridized carbons (Fsp3) is 0.464. The molecule has 35 heavy (non-hydrogen) atoms. The molecule has 0 atom stereocenters. The highest BCUT2D eigenvalue weighted by molar-refractivity contribution is 5.74. The summed E-state index contributed by atoms with van der Waals surface area (Å²) in [6.07, 6.45) is 5.08. The molecule has 6 nitrogen and oxygen atoms in total. The number of carbonyl (C=O) groups excluding carboxylic acids is 3. The lowest BCUT2D eigenvalue weighted by Crippen LogP contribution is -2.55. The number of benzene rings is 2. The van der Waals surface area contributed by atoms with Crippen LogP contribution in [0.5, 0.6) is 0 Å². The predicted molar refractivity (Wildman–Crippen MR) is 133 cm³/mol. The number of rotatable bonds is 13. The highest BCUT2D eigenvalue weighted by Gasteiger charge is 2.34. The Morgan fingerprint density at radius 1 is 0.857 bits per heavy atom. The van der Waals surface area contributed by atoms with Gasteiger partial charge in [0.2, 0.25) is 5.91 Å².